The van der Waals surface area contributed by atoms with Gasteiger partial charge in [-0.1, -0.05) is 33.1 Å². The van der Waals surface area contributed by atoms with Gasteiger partial charge in [0.15, 0.2) is 0 Å². The molecule has 0 heterocycles. The fourth-order valence-corrected chi connectivity index (χ4v) is 2.45. The fourth-order valence-electron chi connectivity index (χ4n) is 2.45. The lowest BCUT2D eigenvalue weighted by Crippen LogP contribution is -2.22. The summed E-state index contributed by atoms with van der Waals surface area (Å²) in [6.45, 7) is 4.96. The zero-order valence-electron chi connectivity index (χ0n) is 11.3. The molecule has 0 aromatic heterocycles. The molecule has 1 aliphatic rings. The Labute approximate surface area is 105 Å². The van der Waals surface area contributed by atoms with E-state index in [1.807, 2.05) is 0 Å². The van der Waals surface area contributed by atoms with Crippen molar-refractivity contribution in [2.75, 3.05) is 6.61 Å². The third kappa shape index (κ3) is 5.07. The minimum absolute atomic E-state index is 0.0205. The fraction of sp³-hybridized carbons (Fsp3) is 0.929. The Morgan fingerprint density at radius 2 is 2.18 bits per heavy atom. The predicted molar refractivity (Wildman–Crippen MR) is 69.6 cm³/mol. The standard InChI is InChI=1S/C14H27NO2/c1-3-5-6-11(4-2)10-17-14(16)12-7-8-13(15)9-12/h11-13H,3-10,15H2,1-2H3/t11?,12-,13+/m1/s1. The molecule has 1 fully saturated rings. The summed E-state index contributed by atoms with van der Waals surface area (Å²) in [6, 6.07) is 0.203. The monoisotopic (exact) mass is 241 g/mol. The lowest BCUT2D eigenvalue weighted by molar-refractivity contribution is -0.149. The highest BCUT2D eigenvalue weighted by Gasteiger charge is 2.29. The van der Waals surface area contributed by atoms with Crippen molar-refractivity contribution in [3.05, 3.63) is 0 Å². The van der Waals surface area contributed by atoms with E-state index < -0.39 is 0 Å². The largest absolute Gasteiger partial charge is 0.465 e. The van der Waals surface area contributed by atoms with Crippen LogP contribution in [-0.4, -0.2) is 18.6 Å². The van der Waals surface area contributed by atoms with Crippen LogP contribution in [0.5, 0.6) is 0 Å². The van der Waals surface area contributed by atoms with Gasteiger partial charge in [-0.05, 0) is 31.6 Å². The average Bonchev–Trinajstić information content (AvgIpc) is 2.76. The molecule has 3 nitrogen and oxygen atoms in total. The molecule has 17 heavy (non-hydrogen) atoms. The zero-order valence-corrected chi connectivity index (χ0v) is 11.3. The summed E-state index contributed by atoms with van der Waals surface area (Å²) in [7, 11) is 0. The van der Waals surface area contributed by atoms with Crippen LogP contribution >= 0.6 is 0 Å². The number of esters is 1. The summed E-state index contributed by atoms with van der Waals surface area (Å²) in [5.74, 6) is 0.579. The Bertz CT molecular complexity index is 230. The van der Waals surface area contributed by atoms with Crippen molar-refractivity contribution in [3.63, 3.8) is 0 Å². The second kappa shape index (κ2) is 7.70. The minimum Gasteiger partial charge on any atom is -0.465 e. The maximum absolute atomic E-state index is 11.8. The van der Waals surface area contributed by atoms with Gasteiger partial charge in [0.25, 0.3) is 0 Å². The van der Waals surface area contributed by atoms with Gasteiger partial charge in [-0.25, -0.2) is 0 Å². The third-order valence-corrected chi connectivity index (χ3v) is 3.81. The van der Waals surface area contributed by atoms with E-state index in [4.69, 9.17) is 10.5 Å². The maximum atomic E-state index is 11.8. The molecule has 1 unspecified atom stereocenters. The molecule has 3 heteroatoms. The Kier molecular flexibility index (Phi) is 6.56. The highest BCUT2D eigenvalue weighted by Crippen LogP contribution is 2.25. The molecule has 0 radical (unpaired) electrons. The van der Waals surface area contributed by atoms with Gasteiger partial charge in [0.1, 0.15) is 0 Å². The molecule has 0 aromatic rings. The molecule has 100 valence electrons. The van der Waals surface area contributed by atoms with Gasteiger partial charge in [-0.15, -0.1) is 0 Å². The van der Waals surface area contributed by atoms with Crippen LogP contribution < -0.4 is 5.73 Å². The first-order chi connectivity index (χ1) is 8.17. The van der Waals surface area contributed by atoms with Crippen LogP contribution in [0.4, 0.5) is 0 Å². The summed E-state index contributed by atoms with van der Waals surface area (Å²) < 4.78 is 5.43. The first-order valence-corrected chi connectivity index (χ1v) is 7.09. The van der Waals surface area contributed by atoms with Crippen LogP contribution in [-0.2, 0) is 9.53 Å². The van der Waals surface area contributed by atoms with Gasteiger partial charge >= 0.3 is 5.97 Å². The number of rotatable bonds is 7. The number of ether oxygens (including phenoxy) is 1. The first kappa shape index (κ1) is 14.5. The summed E-state index contributed by atoms with van der Waals surface area (Å²) in [6.07, 6.45) is 7.39. The van der Waals surface area contributed by atoms with E-state index in [1.54, 1.807) is 0 Å². The van der Waals surface area contributed by atoms with Crippen LogP contribution in [0, 0.1) is 11.8 Å². The molecule has 2 N–H and O–H groups in total. The van der Waals surface area contributed by atoms with Crippen LogP contribution in [0.2, 0.25) is 0 Å². The zero-order chi connectivity index (χ0) is 12.7. The van der Waals surface area contributed by atoms with Gasteiger partial charge < -0.3 is 10.5 Å². The number of carbonyl (C=O) groups excluding carboxylic acids is 1. The van der Waals surface area contributed by atoms with E-state index >= 15 is 0 Å². The number of nitrogens with two attached hydrogens (primary N) is 1. The van der Waals surface area contributed by atoms with Crippen LogP contribution in [0.1, 0.15) is 58.8 Å². The molecule has 1 saturated carbocycles. The highest BCUT2D eigenvalue weighted by atomic mass is 16.5. The van der Waals surface area contributed by atoms with Crippen LogP contribution in [0.3, 0.4) is 0 Å². The average molecular weight is 241 g/mol. The van der Waals surface area contributed by atoms with Crippen LogP contribution in [0.15, 0.2) is 0 Å². The number of hydrogen-bond donors (Lipinski definition) is 1. The molecule has 0 bridgehead atoms. The molecule has 0 aliphatic heterocycles. The van der Waals surface area contributed by atoms with E-state index in [1.165, 1.54) is 19.3 Å². The summed E-state index contributed by atoms with van der Waals surface area (Å²) in [5.41, 5.74) is 5.80. The Balaban J connectivity index is 2.21. The highest BCUT2D eigenvalue weighted by molar-refractivity contribution is 5.72. The van der Waals surface area contributed by atoms with Gasteiger partial charge in [-0.2, -0.15) is 0 Å². The van der Waals surface area contributed by atoms with Gasteiger partial charge in [-0.3, -0.25) is 4.79 Å². The SMILES string of the molecule is CCCCC(CC)COC(=O)[C@@H]1CC[C@H](N)C1. The van der Waals surface area contributed by atoms with Crippen molar-refractivity contribution in [1.82, 2.24) is 0 Å². The predicted octanol–water partition coefficient (Wildman–Crippen LogP) is 2.87. The molecule has 1 rings (SSSR count). The van der Waals surface area contributed by atoms with Crippen molar-refractivity contribution < 1.29 is 9.53 Å². The Hall–Kier alpha value is -0.570. The normalized spacial score (nSPS) is 25.8. The molecule has 1 aliphatic carbocycles. The second-order valence-electron chi connectivity index (χ2n) is 5.32. The van der Waals surface area contributed by atoms with E-state index in [-0.39, 0.29) is 17.9 Å². The molecular weight excluding hydrogens is 214 g/mol. The molecule has 0 amide bonds. The van der Waals surface area contributed by atoms with Gasteiger partial charge in [0.05, 0.1) is 12.5 Å². The van der Waals surface area contributed by atoms with E-state index in [9.17, 15) is 4.79 Å². The van der Waals surface area contributed by atoms with Crippen molar-refractivity contribution in [3.8, 4) is 0 Å². The van der Waals surface area contributed by atoms with Crippen LogP contribution in [0.25, 0.3) is 0 Å². The smallest absolute Gasteiger partial charge is 0.308 e. The Morgan fingerprint density at radius 3 is 2.71 bits per heavy atom. The van der Waals surface area contributed by atoms with E-state index in [2.05, 4.69) is 13.8 Å². The molecule has 3 atom stereocenters. The molecule has 0 spiro atoms. The topological polar surface area (TPSA) is 52.3 Å². The molecule has 0 aromatic carbocycles. The second-order valence-corrected chi connectivity index (χ2v) is 5.32. The Morgan fingerprint density at radius 1 is 1.41 bits per heavy atom. The van der Waals surface area contributed by atoms with Gasteiger partial charge in [0.2, 0.25) is 0 Å². The number of hydrogen-bond acceptors (Lipinski definition) is 3. The molecule has 0 saturated heterocycles. The summed E-state index contributed by atoms with van der Waals surface area (Å²) in [4.78, 5) is 11.8. The van der Waals surface area contributed by atoms with E-state index in [0.29, 0.717) is 12.5 Å². The van der Waals surface area contributed by atoms with E-state index in [0.717, 1.165) is 25.7 Å². The summed E-state index contributed by atoms with van der Waals surface area (Å²) in [5, 5.41) is 0. The van der Waals surface area contributed by atoms with Crippen molar-refractivity contribution in [2.45, 2.75) is 64.8 Å². The van der Waals surface area contributed by atoms with Crippen molar-refractivity contribution in [1.29, 1.82) is 0 Å². The first-order valence-electron chi connectivity index (χ1n) is 7.09. The lowest BCUT2D eigenvalue weighted by Gasteiger charge is -2.16. The quantitative estimate of drug-likeness (QED) is 0.697. The van der Waals surface area contributed by atoms with Crippen molar-refractivity contribution in [2.24, 2.45) is 17.6 Å². The number of carbonyl (C=O) groups is 1. The number of unbranched alkanes of at least 4 members (excludes halogenated alkanes) is 1. The van der Waals surface area contributed by atoms with Gasteiger partial charge in [0, 0.05) is 6.04 Å². The minimum atomic E-state index is -0.0205. The lowest BCUT2D eigenvalue weighted by atomic mass is 10.0. The third-order valence-electron chi connectivity index (χ3n) is 3.81. The molecular formula is C14H27NO2. The summed E-state index contributed by atoms with van der Waals surface area (Å²) >= 11 is 0. The maximum Gasteiger partial charge on any atom is 0.308 e. The van der Waals surface area contributed by atoms with Crippen molar-refractivity contribution >= 4 is 5.97 Å².